The highest BCUT2D eigenvalue weighted by atomic mass is 19.1. The second-order valence-corrected chi connectivity index (χ2v) is 7.71. The number of carbonyl (C=O) groups excluding carboxylic acids is 2. The first-order chi connectivity index (χ1) is 11.6. The smallest absolute Gasteiger partial charge is 0.410 e. The van der Waals surface area contributed by atoms with Crippen LogP contribution in [-0.4, -0.2) is 35.1 Å². The molecule has 1 atom stereocenters. The molecule has 1 heterocycles. The molecule has 0 radical (unpaired) electrons. The van der Waals surface area contributed by atoms with Gasteiger partial charge in [-0.3, -0.25) is 9.69 Å². The summed E-state index contributed by atoms with van der Waals surface area (Å²) in [6, 6.07) is 3.78. The van der Waals surface area contributed by atoms with Gasteiger partial charge >= 0.3 is 6.09 Å². The zero-order valence-electron chi connectivity index (χ0n) is 15.6. The Kier molecular flexibility index (Phi) is 5.70. The van der Waals surface area contributed by atoms with Crippen LogP contribution in [0, 0.1) is 5.82 Å². The standard InChI is InChI=1S/C19H27FN2O3/c1-12(2)14-9-8-13(20)11-15(14)21-17(23)16-7-6-10-22(16)18(24)25-19(3,4)5/h8-9,11-12,16H,6-7,10H2,1-5H3,(H,21,23). The highest BCUT2D eigenvalue weighted by Crippen LogP contribution is 2.27. The molecule has 1 unspecified atom stereocenters. The summed E-state index contributed by atoms with van der Waals surface area (Å²) in [4.78, 5) is 26.5. The number of nitrogens with zero attached hydrogens (tertiary/aromatic N) is 1. The molecule has 2 rings (SSSR count). The Morgan fingerprint density at radius 1 is 1.32 bits per heavy atom. The van der Waals surface area contributed by atoms with Gasteiger partial charge in [-0.05, 0) is 57.2 Å². The summed E-state index contributed by atoms with van der Waals surface area (Å²) in [6.07, 6.45) is 0.808. The number of amides is 2. The van der Waals surface area contributed by atoms with Crippen molar-refractivity contribution in [2.45, 2.75) is 65.0 Å². The first kappa shape index (κ1) is 19.2. The van der Waals surface area contributed by atoms with Crippen LogP contribution >= 0.6 is 0 Å². The van der Waals surface area contributed by atoms with Gasteiger partial charge in [0.15, 0.2) is 0 Å². The van der Waals surface area contributed by atoms with Crippen molar-refractivity contribution in [3.05, 3.63) is 29.6 Å². The lowest BCUT2D eigenvalue weighted by Gasteiger charge is -2.28. The summed E-state index contributed by atoms with van der Waals surface area (Å²) in [5.41, 5.74) is 0.696. The van der Waals surface area contributed by atoms with Crippen LogP contribution in [0.15, 0.2) is 18.2 Å². The van der Waals surface area contributed by atoms with Gasteiger partial charge in [-0.1, -0.05) is 19.9 Å². The zero-order chi connectivity index (χ0) is 18.8. The highest BCUT2D eigenvalue weighted by molar-refractivity contribution is 5.97. The topological polar surface area (TPSA) is 58.6 Å². The van der Waals surface area contributed by atoms with Crippen molar-refractivity contribution in [2.24, 2.45) is 0 Å². The Morgan fingerprint density at radius 2 is 2.00 bits per heavy atom. The van der Waals surface area contributed by atoms with E-state index in [4.69, 9.17) is 4.74 Å². The van der Waals surface area contributed by atoms with Crippen molar-refractivity contribution in [1.82, 2.24) is 4.90 Å². The number of hydrogen-bond donors (Lipinski definition) is 1. The molecule has 25 heavy (non-hydrogen) atoms. The maximum atomic E-state index is 13.6. The number of likely N-dealkylation sites (tertiary alicyclic amines) is 1. The van der Waals surface area contributed by atoms with Gasteiger partial charge in [-0.25, -0.2) is 9.18 Å². The fourth-order valence-corrected chi connectivity index (χ4v) is 2.93. The third-order valence-electron chi connectivity index (χ3n) is 4.08. The van der Waals surface area contributed by atoms with Gasteiger partial charge in [0.2, 0.25) is 5.91 Å². The molecule has 138 valence electrons. The van der Waals surface area contributed by atoms with Crippen LogP contribution in [0.3, 0.4) is 0 Å². The van der Waals surface area contributed by atoms with E-state index in [-0.39, 0.29) is 11.8 Å². The molecule has 1 N–H and O–H groups in total. The molecule has 5 nitrogen and oxygen atoms in total. The van der Waals surface area contributed by atoms with E-state index in [1.807, 2.05) is 13.8 Å². The van der Waals surface area contributed by atoms with Crippen molar-refractivity contribution in [1.29, 1.82) is 0 Å². The van der Waals surface area contributed by atoms with Crippen molar-refractivity contribution >= 4 is 17.7 Å². The molecular formula is C19H27FN2O3. The number of carbonyl (C=O) groups is 2. The van der Waals surface area contributed by atoms with Crippen LogP contribution < -0.4 is 5.32 Å². The van der Waals surface area contributed by atoms with Crippen molar-refractivity contribution in [3.63, 3.8) is 0 Å². The Hall–Kier alpha value is -2.11. The summed E-state index contributed by atoms with van der Waals surface area (Å²) in [7, 11) is 0. The van der Waals surface area contributed by atoms with Crippen molar-refractivity contribution < 1.29 is 18.7 Å². The molecule has 0 spiro atoms. The zero-order valence-corrected chi connectivity index (χ0v) is 15.6. The molecule has 1 aromatic rings. The van der Waals surface area contributed by atoms with E-state index in [0.29, 0.717) is 18.7 Å². The minimum Gasteiger partial charge on any atom is -0.444 e. The van der Waals surface area contributed by atoms with E-state index >= 15 is 0 Å². The predicted molar refractivity (Wildman–Crippen MR) is 95.1 cm³/mol. The number of hydrogen-bond acceptors (Lipinski definition) is 3. The summed E-state index contributed by atoms with van der Waals surface area (Å²) in [5, 5.41) is 2.79. The van der Waals surface area contributed by atoms with E-state index in [1.54, 1.807) is 26.8 Å². The lowest BCUT2D eigenvalue weighted by atomic mass is 10.0. The second kappa shape index (κ2) is 7.42. The molecule has 0 saturated carbocycles. The van der Waals surface area contributed by atoms with Crippen molar-refractivity contribution in [2.75, 3.05) is 11.9 Å². The van der Waals surface area contributed by atoms with Gasteiger partial charge in [0.1, 0.15) is 17.5 Å². The number of rotatable bonds is 3. The van der Waals surface area contributed by atoms with E-state index in [2.05, 4.69) is 5.32 Å². The summed E-state index contributed by atoms with van der Waals surface area (Å²) >= 11 is 0. The average Bonchev–Trinajstić information content (AvgIpc) is 2.94. The molecule has 6 heteroatoms. The normalized spacial score (nSPS) is 17.7. The van der Waals surface area contributed by atoms with Crippen LogP contribution in [0.4, 0.5) is 14.9 Å². The number of anilines is 1. The molecular weight excluding hydrogens is 323 g/mol. The third-order valence-corrected chi connectivity index (χ3v) is 4.08. The SMILES string of the molecule is CC(C)c1ccc(F)cc1NC(=O)C1CCCN1C(=O)OC(C)(C)C. The highest BCUT2D eigenvalue weighted by Gasteiger charge is 2.36. The summed E-state index contributed by atoms with van der Waals surface area (Å²) in [6.45, 7) is 9.80. The number of benzene rings is 1. The average molecular weight is 350 g/mol. The minimum absolute atomic E-state index is 0.140. The number of halogens is 1. The first-order valence-corrected chi connectivity index (χ1v) is 8.68. The van der Waals surface area contributed by atoms with Gasteiger partial charge in [0.25, 0.3) is 0 Å². The van der Waals surface area contributed by atoms with Gasteiger partial charge in [0.05, 0.1) is 0 Å². The van der Waals surface area contributed by atoms with Gasteiger partial charge in [-0.15, -0.1) is 0 Å². The van der Waals surface area contributed by atoms with E-state index in [0.717, 1.165) is 12.0 Å². The fourth-order valence-electron chi connectivity index (χ4n) is 2.93. The molecule has 1 fully saturated rings. The molecule has 0 bridgehead atoms. The third kappa shape index (κ3) is 4.94. The quantitative estimate of drug-likeness (QED) is 0.885. The Balaban J connectivity index is 2.15. The lowest BCUT2D eigenvalue weighted by Crippen LogP contribution is -2.45. The maximum Gasteiger partial charge on any atom is 0.410 e. The van der Waals surface area contributed by atoms with Crippen molar-refractivity contribution in [3.8, 4) is 0 Å². The Bertz CT molecular complexity index is 653. The second-order valence-electron chi connectivity index (χ2n) is 7.71. The van der Waals surface area contributed by atoms with Crippen LogP contribution in [0.1, 0.15) is 58.9 Å². The van der Waals surface area contributed by atoms with E-state index < -0.39 is 23.6 Å². The molecule has 1 aliphatic heterocycles. The van der Waals surface area contributed by atoms with Gasteiger partial charge in [0, 0.05) is 12.2 Å². The number of ether oxygens (including phenoxy) is 1. The summed E-state index contributed by atoms with van der Waals surface area (Å²) < 4.78 is 19.0. The molecule has 1 aromatic carbocycles. The monoisotopic (exact) mass is 350 g/mol. The molecule has 1 aliphatic rings. The fraction of sp³-hybridized carbons (Fsp3) is 0.579. The first-order valence-electron chi connectivity index (χ1n) is 8.68. The van der Waals surface area contributed by atoms with E-state index in [1.165, 1.54) is 17.0 Å². The number of nitrogens with one attached hydrogen (secondary N) is 1. The Morgan fingerprint density at radius 3 is 2.60 bits per heavy atom. The van der Waals surface area contributed by atoms with Crippen LogP contribution in [-0.2, 0) is 9.53 Å². The predicted octanol–water partition coefficient (Wildman–Crippen LogP) is 4.29. The minimum atomic E-state index is -0.617. The largest absolute Gasteiger partial charge is 0.444 e. The van der Waals surface area contributed by atoms with Crippen LogP contribution in [0.5, 0.6) is 0 Å². The van der Waals surface area contributed by atoms with Crippen LogP contribution in [0.2, 0.25) is 0 Å². The molecule has 1 saturated heterocycles. The van der Waals surface area contributed by atoms with Gasteiger partial charge in [-0.2, -0.15) is 0 Å². The van der Waals surface area contributed by atoms with E-state index in [9.17, 15) is 14.0 Å². The lowest BCUT2D eigenvalue weighted by molar-refractivity contribution is -0.120. The van der Waals surface area contributed by atoms with Crippen LogP contribution in [0.25, 0.3) is 0 Å². The summed E-state index contributed by atoms with van der Waals surface area (Å²) in [5.74, 6) is -0.576. The van der Waals surface area contributed by atoms with Gasteiger partial charge < -0.3 is 10.1 Å². The maximum absolute atomic E-state index is 13.6. The molecule has 0 aromatic heterocycles. The molecule has 2 amide bonds. The molecule has 0 aliphatic carbocycles. The Labute approximate surface area is 148 Å².